The number of aromatic amines is 1. The molecule has 42 heavy (non-hydrogen) atoms. The van der Waals surface area contributed by atoms with Crippen molar-refractivity contribution < 1.29 is 39.8 Å². The number of fused-ring (bicyclic) bond motifs is 1. The summed E-state index contributed by atoms with van der Waals surface area (Å²) in [6, 6.07) is 6.76. The summed E-state index contributed by atoms with van der Waals surface area (Å²) in [4.78, 5) is 27.8. The van der Waals surface area contributed by atoms with Crippen LogP contribution in [-0.4, -0.2) is 70.9 Å². The van der Waals surface area contributed by atoms with E-state index in [0.717, 1.165) is 0 Å². The Morgan fingerprint density at radius 1 is 0.857 bits per heavy atom. The molecule has 2 aliphatic rings. The van der Waals surface area contributed by atoms with Crippen molar-refractivity contribution in [1.29, 1.82) is 0 Å². The molecular formula is C27H41FN2O10Si2. The lowest BCUT2D eigenvalue weighted by molar-refractivity contribution is -0.144. The van der Waals surface area contributed by atoms with Gasteiger partial charge in [-0.3, -0.25) is 14.3 Å². The van der Waals surface area contributed by atoms with Gasteiger partial charge in [-0.15, -0.1) is 0 Å². The Balaban J connectivity index is 1.78. The maximum atomic E-state index is 13.7. The lowest BCUT2D eigenvalue weighted by Gasteiger charge is -2.42. The minimum Gasteiger partial charge on any atom is -0.349 e. The van der Waals surface area contributed by atoms with Gasteiger partial charge in [-0.2, -0.15) is 0 Å². The highest BCUT2D eigenvalue weighted by atomic mass is 28.5. The zero-order valence-electron chi connectivity index (χ0n) is 25.3. The van der Waals surface area contributed by atoms with Gasteiger partial charge >= 0.3 is 23.8 Å². The first-order chi connectivity index (χ1) is 19.7. The third-order valence-electron chi connectivity index (χ3n) is 6.07. The molecular weight excluding hydrogens is 587 g/mol. The molecule has 2 saturated heterocycles. The van der Waals surface area contributed by atoms with Gasteiger partial charge in [-0.05, 0) is 85.2 Å². The van der Waals surface area contributed by atoms with Crippen LogP contribution in [0, 0.1) is 5.82 Å². The summed E-state index contributed by atoms with van der Waals surface area (Å²) in [6.07, 6.45) is -3.49. The predicted molar refractivity (Wildman–Crippen MR) is 154 cm³/mol. The Bertz CT molecular complexity index is 1300. The van der Waals surface area contributed by atoms with Gasteiger partial charge < -0.3 is 35.4 Å². The first-order valence-electron chi connectivity index (χ1n) is 14.2. The van der Waals surface area contributed by atoms with Crippen molar-refractivity contribution in [2.75, 3.05) is 6.61 Å². The van der Waals surface area contributed by atoms with Crippen LogP contribution < -0.4 is 11.2 Å². The van der Waals surface area contributed by atoms with Crippen LogP contribution in [-0.2, 0) is 35.4 Å². The highest BCUT2D eigenvalue weighted by Crippen LogP contribution is 2.39. The second kappa shape index (κ2) is 13.3. The van der Waals surface area contributed by atoms with Crippen molar-refractivity contribution in [1.82, 2.24) is 9.55 Å². The number of nitrogens with one attached hydrogen (secondary N) is 1. The Morgan fingerprint density at radius 2 is 1.40 bits per heavy atom. The van der Waals surface area contributed by atoms with Gasteiger partial charge in [0.1, 0.15) is 18.1 Å². The third kappa shape index (κ3) is 7.90. The van der Waals surface area contributed by atoms with Crippen LogP contribution >= 0.6 is 0 Å². The standard InChI is InChI=1S/C27H41FN2O10Si2/c1-16(2)35-41(36-17(3)4)33-15-24-23(39-42(40-41,37-18(5)6)38-19(7)8)14-26(34-24)30-22(13-25(31)29-27(30)32)20-9-11-21(28)12-10-20/h9-13,16-19,23-24,26H,14-15H2,1-8H3,(H,29,31,32)/t23-,24+,26+/m0/s1. The van der Waals surface area contributed by atoms with E-state index in [1.54, 1.807) is 0 Å². The van der Waals surface area contributed by atoms with Crippen molar-refractivity contribution in [2.45, 2.75) is 105 Å². The smallest absolute Gasteiger partial charge is 0.349 e. The minimum absolute atomic E-state index is 0.0371. The van der Waals surface area contributed by atoms with Crippen molar-refractivity contribution in [3.05, 3.63) is 57.0 Å². The van der Waals surface area contributed by atoms with Gasteiger partial charge in [-0.1, -0.05) is 0 Å². The van der Waals surface area contributed by atoms with E-state index in [-0.39, 0.29) is 43.1 Å². The number of ether oxygens (including phenoxy) is 1. The van der Waals surface area contributed by atoms with E-state index in [4.69, 9.17) is 35.4 Å². The van der Waals surface area contributed by atoms with Crippen LogP contribution in [0.4, 0.5) is 4.39 Å². The van der Waals surface area contributed by atoms with Crippen LogP contribution in [0.15, 0.2) is 39.9 Å². The molecule has 0 amide bonds. The Hall–Kier alpha value is -2.06. The number of halogens is 1. The molecule has 2 aromatic rings. The average molecular weight is 629 g/mol. The molecule has 0 bridgehead atoms. The molecule has 234 valence electrons. The lowest BCUT2D eigenvalue weighted by Crippen LogP contribution is -2.67. The number of rotatable bonds is 10. The van der Waals surface area contributed by atoms with Crippen LogP contribution in [0.1, 0.15) is 68.0 Å². The fraction of sp³-hybridized carbons (Fsp3) is 0.630. The molecule has 0 aliphatic carbocycles. The fourth-order valence-electron chi connectivity index (χ4n) is 4.77. The third-order valence-corrected chi connectivity index (χ3v) is 12.2. The Morgan fingerprint density at radius 3 is 1.95 bits per heavy atom. The minimum atomic E-state index is -4.06. The van der Waals surface area contributed by atoms with Crippen LogP contribution in [0.25, 0.3) is 11.3 Å². The first kappa shape index (κ1) is 32.8. The van der Waals surface area contributed by atoms with E-state index in [9.17, 15) is 14.0 Å². The quantitative estimate of drug-likeness (QED) is 0.390. The fourth-order valence-corrected chi connectivity index (χ4v) is 10.9. The SMILES string of the molecule is CC(C)O[Si]1(OC(C)C)OC[C@H]2O[C@@H](n3c(-c4ccc(F)cc4)cc(=O)[nH]c3=O)C[C@@H]2O[Si](OC(C)C)(OC(C)C)O1. The molecule has 1 N–H and O–H groups in total. The lowest BCUT2D eigenvalue weighted by atomic mass is 10.1. The largest absolute Gasteiger partial charge is 0.674 e. The molecule has 0 unspecified atom stereocenters. The molecule has 15 heteroatoms. The maximum absolute atomic E-state index is 13.7. The van der Waals surface area contributed by atoms with E-state index in [0.29, 0.717) is 5.56 Å². The second-order valence-corrected chi connectivity index (χ2v) is 15.6. The molecule has 3 atom stereocenters. The zero-order chi connectivity index (χ0) is 30.8. The summed E-state index contributed by atoms with van der Waals surface area (Å²) in [7, 11) is -8.02. The van der Waals surface area contributed by atoms with Gasteiger partial charge in [-0.25, -0.2) is 9.18 Å². The van der Waals surface area contributed by atoms with Crippen molar-refractivity contribution >= 4 is 18.1 Å². The molecule has 0 spiro atoms. The van der Waals surface area contributed by atoms with Crippen molar-refractivity contribution in [3.63, 3.8) is 0 Å². The van der Waals surface area contributed by atoms with Crippen molar-refractivity contribution in [3.8, 4) is 11.3 Å². The van der Waals surface area contributed by atoms with E-state index in [1.165, 1.54) is 34.9 Å². The van der Waals surface area contributed by atoms with Gasteiger partial charge in [0.25, 0.3) is 5.56 Å². The van der Waals surface area contributed by atoms with Crippen LogP contribution in [0.5, 0.6) is 0 Å². The van der Waals surface area contributed by atoms with Gasteiger partial charge in [0.2, 0.25) is 0 Å². The van der Waals surface area contributed by atoms with Gasteiger partial charge in [0, 0.05) is 36.9 Å². The molecule has 0 radical (unpaired) electrons. The number of hydrogen-bond donors (Lipinski definition) is 1. The van der Waals surface area contributed by atoms with Crippen molar-refractivity contribution in [2.24, 2.45) is 0 Å². The molecule has 1 aromatic heterocycles. The zero-order valence-corrected chi connectivity index (χ0v) is 27.3. The second-order valence-electron chi connectivity index (χ2n) is 11.3. The normalized spacial score (nSPS) is 23.9. The molecule has 2 fully saturated rings. The van der Waals surface area contributed by atoms with Crippen LogP contribution in [0.3, 0.4) is 0 Å². The van der Waals surface area contributed by atoms with Crippen LogP contribution in [0.2, 0.25) is 0 Å². The number of H-pyrrole nitrogens is 1. The summed E-state index contributed by atoms with van der Waals surface area (Å²) >= 11 is 0. The highest BCUT2D eigenvalue weighted by Gasteiger charge is 2.65. The molecule has 0 saturated carbocycles. The van der Waals surface area contributed by atoms with E-state index in [1.807, 2.05) is 55.4 Å². The number of hydrogen-bond acceptors (Lipinski definition) is 10. The monoisotopic (exact) mass is 628 g/mol. The van der Waals surface area contributed by atoms with Gasteiger partial charge in [0.15, 0.2) is 0 Å². The summed E-state index contributed by atoms with van der Waals surface area (Å²) < 4.78 is 65.9. The summed E-state index contributed by atoms with van der Waals surface area (Å²) in [5.41, 5.74) is -0.559. The average Bonchev–Trinajstić information content (AvgIpc) is 3.21. The summed E-state index contributed by atoms with van der Waals surface area (Å²) in [5, 5.41) is 0. The molecule has 4 rings (SSSR count). The predicted octanol–water partition coefficient (Wildman–Crippen LogP) is 3.63. The summed E-state index contributed by atoms with van der Waals surface area (Å²) in [5.74, 6) is -0.449. The van der Waals surface area contributed by atoms with Gasteiger partial charge in [0.05, 0.1) is 18.4 Å². The number of nitrogens with zero attached hydrogens (tertiary/aromatic N) is 1. The van der Waals surface area contributed by atoms with E-state index in [2.05, 4.69) is 4.98 Å². The number of benzene rings is 1. The Kier molecular flexibility index (Phi) is 10.4. The highest BCUT2D eigenvalue weighted by molar-refractivity contribution is 6.68. The Labute approximate surface area is 246 Å². The topological polar surface area (TPSA) is 129 Å². The maximum Gasteiger partial charge on any atom is 0.674 e. The molecule has 3 heterocycles. The molecule has 1 aromatic carbocycles. The van der Waals surface area contributed by atoms with E-state index >= 15 is 0 Å². The molecule has 12 nitrogen and oxygen atoms in total. The summed E-state index contributed by atoms with van der Waals surface area (Å²) in [6.45, 7) is 14.7. The first-order valence-corrected chi connectivity index (χ1v) is 17.5. The molecule has 2 aliphatic heterocycles. The van der Waals surface area contributed by atoms with E-state index < -0.39 is 53.6 Å². The number of aromatic nitrogens is 2.